The normalized spacial score (nSPS) is 26.0. The molecule has 128 valence electrons. The van der Waals surface area contributed by atoms with Gasteiger partial charge in [-0.3, -0.25) is 9.69 Å². The fraction of sp³-hybridized carbons (Fsp3) is 0.526. The number of piperidine rings is 1. The van der Waals surface area contributed by atoms with Crippen molar-refractivity contribution in [2.75, 3.05) is 26.8 Å². The largest absolute Gasteiger partial charge is 0.493 e. The van der Waals surface area contributed by atoms with E-state index in [4.69, 9.17) is 9.47 Å². The molecule has 1 amide bonds. The van der Waals surface area contributed by atoms with E-state index in [0.717, 1.165) is 24.3 Å². The quantitative estimate of drug-likeness (QED) is 0.924. The van der Waals surface area contributed by atoms with E-state index in [9.17, 15) is 4.79 Å². The van der Waals surface area contributed by atoms with Gasteiger partial charge in [0.05, 0.1) is 12.7 Å². The van der Waals surface area contributed by atoms with E-state index in [1.165, 1.54) is 25.8 Å². The molecule has 0 bridgehead atoms. The van der Waals surface area contributed by atoms with Gasteiger partial charge < -0.3 is 14.8 Å². The minimum atomic E-state index is 0.000827. The lowest BCUT2D eigenvalue weighted by Gasteiger charge is -2.32. The number of nitrogens with one attached hydrogen (secondary N) is 1. The van der Waals surface area contributed by atoms with Gasteiger partial charge in [-0.05, 0) is 37.9 Å². The molecule has 4 rings (SSSR count). The van der Waals surface area contributed by atoms with Crippen molar-refractivity contribution in [1.29, 1.82) is 0 Å². The van der Waals surface area contributed by atoms with Crippen LogP contribution in [-0.2, 0) is 4.79 Å². The fourth-order valence-electron chi connectivity index (χ4n) is 4.15. The Kier molecular flexibility index (Phi) is 4.19. The first-order chi connectivity index (χ1) is 11.8. The summed E-state index contributed by atoms with van der Waals surface area (Å²) in [7, 11) is 1.63. The Bertz CT molecular complexity index is 671. The van der Waals surface area contributed by atoms with Gasteiger partial charge in [0.15, 0.2) is 11.5 Å². The lowest BCUT2D eigenvalue weighted by molar-refractivity contribution is -0.118. The Balaban J connectivity index is 1.48. The standard InChI is InChI=1S/C19H24N2O3/c1-23-17-7-4-5-13-11-14(12-24-18(13)17)19(22)20-15-8-10-21-9-3-2-6-16(15)21/h4-5,7,11,15-16H,2-3,6,8-10,12H2,1H3,(H,20,22)/t15-,16+/m1/s1. The summed E-state index contributed by atoms with van der Waals surface area (Å²) in [6, 6.07) is 6.51. The van der Waals surface area contributed by atoms with Gasteiger partial charge in [-0.15, -0.1) is 0 Å². The molecule has 2 fully saturated rings. The molecule has 24 heavy (non-hydrogen) atoms. The SMILES string of the molecule is COc1cccc2c1OCC(C(=O)N[C@@H]1CCN3CCCC[C@@H]13)=C2. The zero-order valence-electron chi connectivity index (χ0n) is 14.1. The number of hydrogen-bond acceptors (Lipinski definition) is 4. The lowest BCUT2D eigenvalue weighted by Crippen LogP contribution is -2.47. The molecule has 0 aliphatic carbocycles. The number of fused-ring (bicyclic) bond motifs is 2. The topological polar surface area (TPSA) is 50.8 Å². The van der Waals surface area contributed by atoms with Gasteiger partial charge in [-0.25, -0.2) is 0 Å². The van der Waals surface area contributed by atoms with Crippen LogP contribution in [0, 0.1) is 0 Å². The maximum absolute atomic E-state index is 12.7. The number of amides is 1. The maximum Gasteiger partial charge on any atom is 0.250 e. The second-order valence-electron chi connectivity index (χ2n) is 6.80. The van der Waals surface area contributed by atoms with Crippen LogP contribution >= 0.6 is 0 Å². The summed E-state index contributed by atoms with van der Waals surface area (Å²) in [6.07, 6.45) is 6.72. The van der Waals surface area contributed by atoms with E-state index in [2.05, 4.69) is 10.2 Å². The van der Waals surface area contributed by atoms with Crippen molar-refractivity contribution in [1.82, 2.24) is 10.2 Å². The number of ether oxygens (including phenoxy) is 2. The van der Waals surface area contributed by atoms with E-state index in [1.807, 2.05) is 24.3 Å². The van der Waals surface area contributed by atoms with Crippen molar-refractivity contribution in [3.63, 3.8) is 0 Å². The minimum Gasteiger partial charge on any atom is -0.493 e. The van der Waals surface area contributed by atoms with Crippen LogP contribution in [0.1, 0.15) is 31.2 Å². The van der Waals surface area contributed by atoms with Crippen molar-refractivity contribution >= 4 is 12.0 Å². The third-order valence-electron chi connectivity index (χ3n) is 5.40. The zero-order valence-corrected chi connectivity index (χ0v) is 14.1. The summed E-state index contributed by atoms with van der Waals surface area (Å²) in [5.74, 6) is 1.42. The summed E-state index contributed by atoms with van der Waals surface area (Å²) in [4.78, 5) is 15.2. The van der Waals surface area contributed by atoms with Crippen LogP contribution in [0.2, 0.25) is 0 Å². The molecular weight excluding hydrogens is 304 g/mol. The summed E-state index contributed by atoms with van der Waals surface area (Å²) in [6.45, 7) is 2.57. The lowest BCUT2D eigenvalue weighted by atomic mass is 9.98. The van der Waals surface area contributed by atoms with E-state index < -0.39 is 0 Å². The van der Waals surface area contributed by atoms with Crippen LogP contribution < -0.4 is 14.8 Å². The highest BCUT2D eigenvalue weighted by Crippen LogP contribution is 2.35. The first kappa shape index (κ1) is 15.5. The molecule has 3 aliphatic heterocycles. The monoisotopic (exact) mass is 328 g/mol. The highest BCUT2D eigenvalue weighted by Gasteiger charge is 2.36. The van der Waals surface area contributed by atoms with Gasteiger partial charge in [-0.2, -0.15) is 0 Å². The number of carbonyl (C=O) groups excluding carboxylic acids is 1. The maximum atomic E-state index is 12.7. The van der Waals surface area contributed by atoms with Gasteiger partial charge >= 0.3 is 0 Å². The summed E-state index contributed by atoms with van der Waals surface area (Å²) in [5.41, 5.74) is 1.58. The molecule has 0 radical (unpaired) electrons. The number of benzene rings is 1. The first-order valence-electron chi connectivity index (χ1n) is 8.81. The number of nitrogens with zero attached hydrogens (tertiary/aromatic N) is 1. The molecule has 5 nitrogen and oxygen atoms in total. The van der Waals surface area contributed by atoms with E-state index in [-0.39, 0.29) is 11.9 Å². The number of hydrogen-bond donors (Lipinski definition) is 1. The molecule has 3 aliphatic rings. The van der Waals surface area contributed by atoms with Crippen LogP contribution in [0.4, 0.5) is 0 Å². The summed E-state index contributed by atoms with van der Waals surface area (Å²) >= 11 is 0. The molecule has 2 atom stereocenters. The predicted molar refractivity (Wildman–Crippen MR) is 92.2 cm³/mol. The fourth-order valence-corrected chi connectivity index (χ4v) is 4.15. The van der Waals surface area contributed by atoms with Crippen LogP contribution in [-0.4, -0.2) is 49.7 Å². The Morgan fingerprint density at radius 2 is 2.21 bits per heavy atom. The number of para-hydroxylation sites is 1. The highest BCUT2D eigenvalue weighted by molar-refractivity contribution is 5.99. The third kappa shape index (κ3) is 2.77. The molecule has 0 spiro atoms. The molecule has 2 saturated heterocycles. The average Bonchev–Trinajstić information content (AvgIpc) is 3.03. The molecule has 3 heterocycles. The highest BCUT2D eigenvalue weighted by atomic mass is 16.5. The summed E-state index contributed by atoms with van der Waals surface area (Å²) in [5, 5.41) is 3.25. The molecule has 1 aromatic rings. The van der Waals surface area contributed by atoms with E-state index in [1.54, 1.807) is 7.11 Å². The van der Waals surface area contributed by atoms with Crippen molar-refractivity contribution in [2.24, 2.45) is 0 Å². The molecule has 0 aromatic heterocycles. The second-order valence-corrected chi connectivity index (χ2v) is 6.80. The van der Waals surface area contributed by atoms with Crippen LogP contribution in [0.15, 0.2) is 23.8 Å². The molecule has 0 unspecified atom stereocenters. The van der Waals surface area contributed by atoms with Crippen molar-refractivity contribution in [3.05, 3.63) is 29.3 Å². The first-order valence-corrected chi connectivity index (χ1v) is 8.81. The Morgan fingerprint density at radius 1 is 1.29 bits per heavy atom. The minimum absolute atomic E-state index is 0.000827. The van der Waals surface area contributed by atoms with Crippen molar-refractivity contribution in [3.8, 4) is 11.5 Å². The molecule has 1 N–H and O–H groups in total. The Hall–Kier alpha value is -2.01. The molecule has 1 aromatic carbocycles. The van der Waals surface area contributed by atoms with Gasteiger partial charge in [0.2, 0.25) is 0 Å². The zero-order chi connectivity index (χ0) is 16.5. The Morgan fingerprint density at radius 3 is 3.08 bits per heavy atom. The van der Waals surface area contributed by atoms with E-state index in [0.29, 0.717) is 24.0 Å². The van der Waals surface area contributed by atoms with Gasteiger partial charge in [0.25, 0.3) is 5.91 Å². The van der Waals surface area contributed by atoms with Crippen molar-refractivity contribution < 1.29 is 14.3 Å². The van der Waals surface area contributed by atoms with Gasteiger partial charge in [0, 0.05) is 24.2 Å². The number of rotatable bonds is 3. The van der Waals surface area contributed by atoms with Crippen LogP contribution in [0.3, 0.4) is 0 Å². The number of methoxy groups -OCH3 is 1. The van der Waals surface area contributed by atoms with Crippen molar-refractivity contribution in [2.45, 2.75) is 37.8 Å². The average molecular weight is 328 g/mol. The molecule has 5 heteroatoms. The van der Waals surface area contributed by atoms with E-state index >= 15 is 0 Å². The van der Waals surface area contributed by atoms with Gasteiger partial charge in [-0.1, -0.05) is 18.6 Å². The van der Waals surface area contributed by atoms with Crippen LogP contribution in [0.5, 0.6) is 11.5 Å². The second kappa shape index (κ2) is 6.48. The van der Waals surface area contributed by atoms with Crippen LogP contribution in [0.25, 0.3) is 6.08 Å². The smallest absolute Gasteiger partial charge is 0.250 e. The summed E-state index contributed by atoms with van der Waals surface area (Å²) < 4.78 is 11.1. The predicted octanol–water partition coefficient (Wildman–Crippen LogP) is 2.21. The van der Waals surface area contributed by atoms with Gasteiger partial charge in [0.1, 0.15) is 6.61 Å². The Labute approximate surface area is 142 Å². The molecular formula is C19H24N2O3. The number of carbonyl (C=O) groups is 1. The molecule has 0 saturated carbocycles. The third-order valence-corrected chi connectivity index (χ3v) is 5.40.